The number of hydrogen-bond acceptors (Lipinski definition) is 4. The number of hydrogen-bond donors (Lipinski definition) is 1. The van der Waals surface area contributed by atoms with Gasteiger partial charge in [0.05, 0.1) is 31.4 Å². The molecule has 2 rings (SSSR count). The molecule has 1 aliphatic heterocycles. The molecule has 1 aliphatic rings. The molecule has 0 spiro atoms. The molecule has 140 valence electrons. The highest BCUT2D eigenvalue weighted by Crippen LogP contribution is 2.19. The maximum Gasteiger partial charge on any atom is 0.224 e. The molecule has 0 aliphatic carbocycles. The van der Waals surface area contributed by atoms with Crippen LogP contribution in [0.5, 0.6) is 0 Å². The van der Waals surface area contributed by atoms with Crippen LogP contribution in [0.1, 0.15) is 22.3 Å². The van der Waals surface area contributed by atoms with E-state index in [-0.39, 0.29) is 23.6 Å². The molecule has 1 heterocycles. The Bertz CT molecular complexity index is 720. The lowest BCUT2D eigenvalue weighted by molar-refractivity contribution is -0.121. The van der Waals surface area contributed by atoms with Crippen molar-refractivity contribution in [3.05, 3.63) is 34.4 Å². The molecule has 25 heavy (non-hydrogen) atoms. The summed E-state index contributed by atoms with van der Waals surface area (Å²) in [6, 6.07) is 3.87. The van der Waals surface area contributed by atoms with Gasteiger partial charge in [-0.15, -0.1) is 0 Å². The summed E-state index contributed by atoms with van der Waals surface area (Å²) in [5, 5.41) is 2.96. The zero-order valence-electron chi connectivity index (χ0n) is 15.6. The first-order valence-electron chi connectivity index (χ1n) is 8.44. The highest BCUT2D eigenvalue weighted by molar-refractivity contribution is 7.89. The van der Waals surface area contributed by atoms with Gasteiger partial charge in [0.25, 0.3) is 0 Å². The molecule has 2 atom stereocenters. The fraction of sp³-hybridized carbons (Fsp3) is 0.611. The van der Waals surface area contributed by atoms with E-state index in [2.05, 4.69) is 17.4 Å². The summed E-state index contributed by atoms with van der Waals surface area (Å²) in [4.78, 5) is 12.5. The zero-order valence-corrected chi connectivity index (χ0v) is 16.4. The summed E-state index contributed by atoms with van der Waals surface area (Å²) in [5.74, 6) is -0.345. The topological polar surface area (TPSA) is 75.7 Å². The van der Waals surface area contributed by atoms with Gasteiger partial charge in [0, 0.05) is 20.0 Å². The lowest BCUT2D eigenvalue weighted by Gasteiger charge is -2.21. The SMILES string of the molecule is Cc1cc(C)c(CC(=O)N[C@H]2COC[C@H]2CS(=O)(=O)N(C)C)c(C)c1. The zero-order chi connectivity index (χ0) is 18.8. The summed E-state index contributed by atoms with van der Waals surface area (Å²) in [6.07, 6.45) is 0.293. The summed E-state index contributed by atoms with van der Waals surface area (Å²) in [6.45, 7) is 6.75. The van der Waals surface area contributed by atoms with Gasteiger partial charge >= 0.3 is 0 Å². The molecule has 0 aromatic heterocycles. The first-order valence-corrected chi connectivity index (χ1v) is 10.0. The number of aryl methyl sites for hydroxylation is 3. The van der Waals surface area contributed by atoms with Crippen LogP contribution in [-0.4, -0.2) is 57.7 Å². The van der Waals surface area contributed by atoms with E-state index in [1.165, 1.54) is 24.0 Å². The van der Waals surface area contributed by atoms with Crippen LogP contribution in [-0.2, 0) is 26.0 Å². The molecule has 1 amide bonds. The predicted octanol–water partition coefficient (Wildman–Crippen LogP) is 1.18. The second-order valence-corrected chi connectivity index (χ2v) is 9.31. The normalized spacial score (nSPS) is 20.9. The van der Waals surface area contributed by atoms with E-state index in [0.717, 1.165) is 16.7 Å². The van der Waals surface area contributed by atoms with Crippen LogP contribution >= 0.6 is 0 Å². The standard InChI is InChI=1S/C18H28N2O4S/c1-12-6-13(2)16(14(3)7-12)8-18(21)19-17-10-24-9-15(17)11-25(22,23)20(4)5/h6-7,15,17H,8-11H2,1-5H3,(H,19,21)/t15-,17-/m0/s1. The molecule has 7 heteroatoms. The molecule has 0 radical (unpaired) electrons. The Morgan fingerprint density at radius 1 is 1.20 bits per heavy atom. The Balaban J connectivity index is 2.03. The van der Waals surface area contributed by atoms with Crippen molar-refractivity contribution in [1.29, 1.82) is 0 Å². The summed E-state index contributed by atoms with van der Waals surface area (Å²) in [5.41, 5.74) is 4.40. The molecule has 1 aromatic carbocycles. The molecule has 0 unspecified atom stereocenters. The second kappa shape index (κ2) is 7.85. The highest BCUT2D eigenvalue weighted by atomic mass is 32.2. The number of ether oxygens (including phenoxy) is 1. The van der Waals surface area contributed by atoms with Gasteiger partial charge in [-0.05, 0) is 37.5 Å². The van der Waals surface area contributed by atoms with Crippen molar-refractivity contribution in [1.82, 2.24) is 9.62 Å². The van der Waals surface area contributed by atoms with Crippen molar-refractivity contribution in [3.63, 3.8) is 0 Å². The number of amides is 1. The molecular formula is C18H28N2O4S. The average molecular weight is 368 g/mol. The van der Waals surface area contributed by atoms with Crippen LogP contribution < -0.4 is 5.32 Å². The van der Waals surface area contributed by atoms with Crippen molar-refractivity contribution in [3.8, 4) is 0 Å². The second-order valence-electron chi connectivity index (χ2n) is 7.09. The monoisotopic (exact) mass is 368 g/mol. The van der Waals surface area contributed by atoms with Gasteiger partial charge in [-0.3, -0.25) is 4.79 Å². The van der Waals surface area contributed by atoms with Crippen LogP contribution in [0.3, 0.4) is 0 Å². The van der Waals surface area contributed by atoms with E-state index in [0.29, 0.717) is 19.6 Å². The van der Waals surface area contributed by atoms with Gasteiger partial charge in [0.2, 0.25) is 15.9 Å². The number of benzene rings is 1. The third-order valence-electron chi connectivity index (χ3n) is 4.70. The van der Waals surface area contributed by atoms with E-state index in [9.17, 15) is 13.2 Å². The average Bonchev–Trinajstić information content (AvgIpc) is 2.89. The lowest BCUT2D eigenvalue weighted by atomic mass is 9.97. The summed E-state index contributed by atoms with van der Waals surface area (Å²) >= 11 is 0. The predicted molar refractivity (Wildman–Crippen MR) is 98.1 cm³/mol. The Hall–Kier alpha value is -1.44. The fourth-order valence-electron chi connectivity index (χ4n) is 3.25. The van der Waals surface area contributed by atoms with E-state index in [4.69, 9.17) is 4.74 Å². The summed E-state index contributed by atoms with van der Waals surface area (Å²) in [7, 11) is -0.294. The van der Waals surface area contributed by atoms with Crippen LogP contribution in [0.25, 0.3) is 0 Å². The van der Waals surface area contributed by atoms with Gasteiger partial charge in [0.1, 0.15) is 0 Å². The molecule has 1 fully saturated rings. The van der Waals surface area contributed by atoms with Crippen LogP contribution in [0, 0.1) is 26.7 Å². The number of nitrogens with one attached hydrogen (secondary N) is 1. The maximum absolute atomic E-state index is 12.5. The molecule has 1 aromatic rings. The van der Waals surface area contributed by atoms with Gasteiger partial charge in [-0.1, -0.05) is 17.7 Å². The first-order chi connectivity index (χ1) is 11.6. The Morgan fingerprint density at radius 2 is 1.80 bits per heavy atom. The maximum atomic E-state index is 12.5. The van der Waals surface area contributed by atoms with Gasteiger partial charge in [-0.25, -0.2) is 12.7 Å². The third-order valence-corrected chi connectivity index (χ3v) is 6.67. The number of carbonyl (C=O) groups excluding carboxylic acids is 1. The largest absolute Gasteiger partial charge is 0.379 e. The fourth-order valence-corrected chi connectivity index (χ4v) is 4.42. The Labute approximate surface area is 150 Å². The van der Waals surface area contributed by atoms with E-state index < -0.39 is 10.0 Å². The molecule has 6 nitrogen and oxygen atoms in total. The van der Waals surface area contributed by atoms with E-state index >= 15 is 0 Å². The van der Waals surface area contributed by atoms with Crippen LogP contribution in [0.4, 0.5) is 0 Å². The van der Waals surface area contributed by atoms with Crippen LogP contribution in [0.15, 0.2) is 12.1 Å². The van der Waals surface area contributed by atoms with Gasteiger partial charge in [0.15, 0.2) is 0 Å². The van der Waals surface area contributed by atoms with Gasteiger partial charge in [-0.2, -0.15) is 0 Å². The van der Waals surface area contributed by atoms with Crippen molar-refractivity contribution in [2.75, 3.05) is 33.1 Å². The molecule has 0 saturated carbocycles. The quantitative estimate of drug-likeness (QED) is 0.818. The molecule has 1 saturated heterocycles. The number of sulfonamides is 1. The lowest BCUT2D eigenvalue weighted by Crippen LogP contribution is -2.44. The molecule has 0 bridgehead atoms. The first kappa shape index (κ1) is 19.9. The molecule has 1 N–H and O–H groups in total. The minimum absolute atomic E-state index is 0.0203. The number of nitrogens with zero attached hydrogens (tertiary/aromatic N) is 1. The highest BCUT2D eigenvalue weighted by Gasteiger charge is 2.34. The van der Waals surface area contributed by atoms with E-state index in [1.807, 2.05) is 20.8 Å². The smallest absolute Gasteiger partial charge is 0.224 e. The number of carbonyl (C=O) groups is 1. The van der Waals surface area contributed by atoms with Crippen LogP contribution in [0.2, 0.25) is 0 Å². The summed E-state index contributed by atoms with van der Waals surface area (Å²) < 4.78 is 30.8. The third kappa shape index (κ3) is 5.03. The van der Waals surface area contributed by atoms with Crippen molar-refractivity contribution < 1.29 is 17.9 Å². The Kier molecular flexibility index (Phi) is 6.24. The van der Waals surface area contributed by atoms with Crippen molar-refractivity contribution in [2.45, 2.75) is 33.2 Å². The number of rotatable bonds is 6. The Morgan fingerprint density at radius 3 is 2.36 bits per heavy atom. The van der Waals surface area contributed by atoms with Crippen molar-refractivity contribution in [2.24, 2.45) is 5.92 Å². The van der Waals surface area contributed by atoms with E-state index in [1.54, 1.807) is 0 Å². The molecular weight excluding hydrogens is 340 g/mol. The van der Waals surface area contributed by atoms with Crippen molar-refractivity contribution >= 4 is 15.9 Å². The minimum Gasteiger partial charge on any atom is -0.379 e. The van der Waals surface area contributed by atoms with Gasteiger partial charge < -0.3 is 10.1 Å². The minimum atomic E-state index is -3.33.